The van der Waals surface area contributed by atoms with Crippen molar-refractivity contribution in [2.24, 2.45) is 16.6 Å². The molecular formula is C39H52N4O16. The molecule has 1 saturated heterocycles. The van der Waals surface area contributed by atoms with Crippen molar-refractivity contribution in [2.45, 2.75) is 82.8 Å². The lowest BCUT2D eigenvalue weighted by Crippen LogP contribution is -2.62. The van der Waals surface area contributed by atoms with Crippen LogP contribution in [-0.2, 0) is 15.9 Å². The van der Waals surface area contributed by atoms with Gasteiger partial charge in [-0.15, -0.1) is 0 Å². The monoisotopic (exact) mass is 832 g/mol. The molecule has 0 bridgehead atoms. The quantitative estimate of drug-likeness (QED) is 0.0345. The average Bonchev–Trinajstić information content (AvgIpc) is 3.19. The molecule has 0 amide bonds. The molecule has 0 spiro atoms. The first kappa shape index (κ1) is 45.9. The number of rotatable bonds is 19. The Kier molecular flexibility index (Phi) is 16.2. The van der Waals surface area contributed by atoms with E-state index in [2.05, 4.69) is 15.6 Å². The highest BCUT2D eigenvalue weighted by Gasteiger charge is 2.49. The lowest BCUT2D eigenvalue weighted by molar-refractivity contribution is -0.309. The molecule has 0 aromatic heterocycles. The van der Waals surface area contributed by atoms with Gasteiger partial charge in [0.05, 0.1) is 31.1 Å². The van der Waals surface area contributed by atoms with Gasteiger partial charge in [-0.05, 0) is 24.8 Å². The van der Waals surface area contributed by atoms with Crippen molar-refractivity contribution in [3.63, 3.8) is 0 Å². The van der Waals surface area contributed by atoms with Crippen LogP contribution in [0.2, 0.25) is 0 Å². The van der Waals surface area contributed by atoms with Crippen LogP contribution in [0.3, 0.4) is 0 Å². The van der Waals surface area contributed by atoms with E-state index in [1.165, 1.54) is 20.2 Å². The Hall–Kier alpha value is -5.77. The fourth-order valence-corrected chi connectivity index (χ4v) is 5.84. The number of aliphatic hydroxyl groups excluding tert-OH is 5. The fourth-order valence-electron chi connectivity index (χ4n) is 5.84. The fraction of sp³-hybridized carbons (Fsp3) is 0.462. The van der Waals surface area contributed by atoms with Gasteiger partial charge in [0.1, 0.15) is 23.9 Å². The Morgan fingerprint density at radius 1 is 0.915 bits per heavy atom. The van der Waals surface area contributed by atoms with E-state index in [1.807, 2.05) is 44.2 Å². The number of ether oxygens (including phenoxy) is 6. The average molecular weight is 833 g/mol. The summed E-state index contributed by atoms with van der Waals surface area (Å²) in [6, 6.07) is 11.9. The van der Waals surface area contributed by atoms with Gasteiger partial charge in [0.25, 0.3) is 0 Å². The van der Waals surface area contributed by atoms with Crippen LogP contribution in [0.15, 0.2) is 53.5 Å². The van der Waals surface area contributed by atoms with E-state index in [0.29, 0.717) is 6.42 Å². The van der Waals surface area contributed by atoms with Crippen molar-refractivity contribution in [3.05, 3.63) is 65.2 Å². The normalized spacial score (nSPS) is 20.9. The third-order valence-electron chi connectivity index (χ3n) is 9.28. The molecule has 1 heterocycles. The SMILES string of the molecule is CN=C(N)NCOc1cc(C(=O)O)c(N[C@H](C)C[C@H](O)C(C)C)cc1O[C@@H]1O[C@H]([C@@H](O)OC(=O)c2cc(OC)c(O)c(OCCc3ccccc3)c2O)[C@@H](O)[C@H](O)[C@H]1O. The maximum Gasteiger partial charge on any atom is 0.344 e. The molecule has 4 rings (SSSR count). The lowest BCUT2D eigenvalue weighted by atomic mass is 9.98. The molecule has 0 radical (unpaired) electrons. The number of phenols is 2. The third-order valence-corrected chi connectivity index (χ3v) is 9.28. The first-order valence-electron chi connectivity index (χ1n) is 18.5. The summed E-state index contributed by atoms with van der Waals surface area (Å²) in [5, 5.41) is 91.4. The van der Waals surface area contributed by atoms with Gasteiger partial charge in [-0.1, -0.05) is 44.2 Å². The van der Waals surface area contributed by atoms with Crippen molar-refractivity contribution in [1.29, 1.82) is 0 Å². The van der Waals surface area contributed by atoms with Crippen LogP contribution in [0.25, 0.3) is 0 Å². The molecule has 0 saturated carbocycles. The number of benzene rings is 3. The second-order valence-electron chi connectivity index (χ2n) is 13.9. The van der Waals surface area contributed by atoms with E-state index in [9.17, 15) is 50.4 Å². The number of carboxylic acids is 1. The predicted molar refractivity (Wildman–Crippen MR) is 209 cm³/mol. The minimum atomic E-state index is -2.40. The summed E-state index contributed by atoms with van der Waals surface area (Å²) in [5.41, 5.74) is 5.64. The van der Waals surface area contributed by atoms with Crippen LogP contribution in [0.4, 0.5) is 5.69 Å². The summed E-state index contributed by atoms with van der Waals surface area (Å²) < 4.78 is 33.1. The number of aliphatic hydroxyl groups is 5. The van der Waals surface area contributed by atoms with Gasteiger partial charge < -0.3 is 85.6 Å². The summed E-state index contributed by atoms with van der Waals surface area (Å²) in [6.45, 7) is 4.96. The van der Waals surface area contributed by atoms with E-state index < -0.39 is 83.9 Å². The topological polar surface area (TPSA) is 314 Å². The number of esters is 1. The maximum absolute atomic E-state index is 13.4. The second kappa shape index (κ2) is 20.8. The molecule has 0 aliphatic carbocycles. The Morgan fingerprint density at radius 3 is 2.22 bits per heavy atom. The largest absolute Gasteiger partial charge is 0.504 e. The molecule has 8 atom stereocenters. The second-order valence-corrected chi connectivity index (χ2v) is 13.9. The number of nitrogens with zero attached hydrogens (tertiary/aromatic N) is 1. The number of aliphatic imine (C=N–C) groups is 1. The summed E-state index contributed by atoms with van der Waals surface area (Å²) in [4.78, 5) is 29.5. The van der Waals surface area contributed by atoms with Crippen molar-refractivity contribution in [1.82, 2.24) is 5.32 Å². The first-order valence-corrected chi connectivity index (χ1v) is 18.5. The minimum absolute atomic E-state index is 0.00477. The highest BCUT2D eigenvalue weighted by Crippen LogP contribution is 2.46. The standard InChI is InChI=1S/C39H52N4O16/c1-18(2)24(44)13-19(3)43-23-16-26(25(14-21(23)35(50)51)56-17-42-39(40)41-4)57-38-32(49)30(47)31(48)34(58-38)37(53)59-36(52)22-15-27(54-5)29(46)33(28(22)45)55-12-11-20-9-7-6-8-10-20/h6-10,14-16,18-19,24,30-32,34,37-38,43-49,53H,11-13,17H2,1-5H3,(H,50,51)(H3,40,41,42)/t19-,24+,30+,31+,32-,34+,37+,38-/m1/s1. The number of aromatic carboxylic acids is 1. The summed E-state index contributed by atoms with van der Waals surface area (Å²) in [7, 11) is 2.59. The number of hydrogen-bond donors (Lipinski definition) is 11. The molecule has 1 fully saturated rings. The maximum atomic E-state index is 13.4. The number of hydrogen-bond acceptors (Lipinski definition) is 17. The van der Waals surface area contributed by atoms with Gasteiger partial charge in [-0.25, -0.2) is 9.59 Å². The Labute approximate surface area is 339 Å². The number of anilines is 1. The molecule has 3 aromatic rings. The van der Waals surface area contributed by atoms with Crippen molar-refractivity contribution in [3.8, 4) is 34.5 Å². The number of carboxylic acid groups (broad SMARTS) is 1. The van der Waals surface area contributed by atoms with Crippen LogP contribution >= 0.6 is 0 Å². The summed E-state index contributed by atoms with van der Waals surface area (Å²) >= 11 is 0. The van der Waals surface area contributed by atoms with Crippen LogP contribution in [0.1, 0.15) is 53.5 Å². The zero-order chi connectivity index (χ0) is 43.6. The molecule has 324 valence electrons. The molecule has 1 aliphatic heterocycles. The van der Waals surface area contributed by atoms with E-state index in [4.69, 9.17) is 34.2 Å². The molecule has 0 unspecified atom stereocenters. The predicted octanol–water partition coefficient (Wildman–Crippen LogP) is 0.866. The van der Waals surface area contributed by atoms with Crippen LogP contribution < -0.4 is 35.3 Å². The molecule has 59 heavy (non-hydrogen) atoms. The van der Waals surface area contributed by atoms with Crippen molar-refractivity contribution in [2.75, 3.05) is 32.8 Å². The van der Waals surface area contributed by atoms with Crippen molar-refractivity contribution >= 4 is 23.6 Å². The number of nitrogens with one attached hydrogen (secondary N) is 2. The smallest absolute Gasteiger partial charge is 0.344 e. The number of nitrogens with two attached hydrogens (primary N) is 1. The van der Waals surface area contributed by atoms with E-state index in [0.717, 1.165) is 17.7 Å². The van der Waals surface area contributed by atoms with Gasteiger partial charge in [-0.2, -0.15) is 0 Å². The van der Waals surface area contributed by atoms with Crippen molar-refractivity contribution < 1.29 is 78.9 Å². The lowest BCUT2D eigenvalue weighted by Gasteiger charge is -2.41. The number of phenolic OH excluding ortho intramolecular Hbond substituents is 2. The first-order chi connectivity index (χ1) is 28.0. The molecule has 12 N–H and O–H groups in total. The zero-order valence-electron chi connectivity index (χ0n) is 33.0. The number of carbonyl (C=O) groups excluding carboxylic acids is 1. The van der Waals surface area contributed by atoms with E-state index in [-0.39, 0.29) is 60.1 Å². The molecule has 1 aliphatic rings. The van der Waals surface area contributed by atoms with Gasteiger partial charge in [0, 0.05) is 37.7 Å². The number of methoxy groups -OCH3 is 1. The minimum Gasteiger partial charge on any atom is -0.504 e. The number of carbonyl (C=O) groups is 2. The summed E-state index contributed by atoms with van der Waals surface area (Å²) in [6.07, 6.45) is -12.7. The third kappa shape index (κ3) is 11.7. The number of guanidine groups is 1. The Morgan fingerprint density at radius 2 is 1.59 bits per heavy atom. The van der Waals surface area contributed by atoms with Gasteiger partial charge >= 0.3 is 11.9 Å². The van der Waals surface area contributed by atoms with Gasteiger partial charge in [0.15, 0.2) is 41.8 Å². The summed E-state index contributed by atoms with van der Waals surface area (Å²) in [5.74, 6) is -5.73. The molecular weight excluding hydrogens is 780 g/mol. The van der Waals surface area contributed by atoms with E-state index >= 15 is 0 Å². The highest BCUT2D eigenvalue weighted by atomic mass is 16.7. The zero-order valence-corrected chi connectivity index (χ0v) is 33.0. The molecule has 20 nitrogen and oxygen atoms in total. The van der Waals surface area contributed by atoms with Gasteiger partial charge in [-0.3, -0.25) is 4.99 Å². The van der Waals surface area contributed by atoms with E-state index in [1.54, 1.807) is 6.92 Å². The van der Waals surface area contributed by atoms with Crippen LogP contribution in [-0.4, -0.2) is 135 Å². The molecule has 3 aromatic carbocycles. The van der Waals surface area contributed by atoms with Crippen LogP contribution in [0.5, 0.6) is 34.5 Å². The molecule has 20 heteroatoms. The van der Waals surface area contributed by atoms with Crippen LogP contribution in [0, 0.1) is 5.92 Å². The number of aromatic hydroxyl groups is 2. The van der Waals surface area contributed by atoms with Gasteiger partial charge in [0.2, 0.25) is 24.1 Å². The highest BCUT2D eigenvalue weighted by molar-refractivity contribution is 5.96. The Bertz CT molecular complexity index is 1920. The Balaban J connectivity index is 1.60.